The second-order valence-electron chi connectivity index (χ2n) is 5.10. The van der Waals surface area contributed by atoms with Crippen LogP contribution in [0.25, 0.3) is 0 Å². The lowest BCUT2D eigenvalue weighted by Gasteiger charge is -2.19. The van der Waals surface area contributed by atoms with Gasteiger partial charge in [-0.1, -0.05) is 6.92 Å². The molecule has 0 radical (unpaired) electrons. The Kier molecular flexibility index (Phi) is 4.54. The van der Waals surface area contributed by atoms with Gasteiger partial charge >= 0.3 is 0 Å². The number of hydrogen-bond acceptors (Lipinski definition) is 4. The molecule has 0 amide bonds. The highest BCUT2D eigenvalue weighted by Crippen LogP contribution is 2.24. The number of aromatic nitrogens is 1. The van der Waals surface area contributed by atoms with Crippen molar-refractivity contribution in [3.05, 3.63) is 16.1 Å². The van der Waals surface area contributed by atoms with E-state index in [1.165, 1.54) is 23.5 Å². The van der Waals surface area contributed by atoms with Crippen LogP contribution in [0.1, 0.15) is 37.4 Å². The lowest BCUT2D eigenvalue weighted by Crippen LogP contribution is -2.27. The highest BCUT2D eigenvalue weighted by molar-refractivity contribution is 7.09. The molecule has 0 aliphatic carbocycles. The Morgan fingerprint density at radius 1 is 1.59 bits per heavy atom. The van der Waals surface area contributed by atoms with E-state index in [9.17, 15) is 0 Å². The van der Waals surface area contributed by atoms with Crippen molar-refractivity contribution in [2.24, 2.45) is 11.7 Å². The maximum atomic E-state index is 5.76. The van der Waals surface area contributed by atoms with Crippen LogP contribution < -0.4 is 5.73 Å². The molecule has 0 spiro atoms. The van der Waals surface area contributed by atoms with Crippen LogP contribution in [0.4, 0.5) is 0 Å². The standard InChI is InChI=1S/C13H23N3S/c1-3-4-13-15-12(9-17-13)8-16-7-11(6-14)5-10(16)2/h9-11H,3-8,14H2,1-2H3. The number of thiazole rings is 1. The first-order valence-electron chi connectivity index (χ1n) is 6.60. The molecule has 96 valence electrons. The zero-order valence-electron chi connectivity index (χ0n) is 10.9. The van der Waals surface area contributed by atoms with Crippen LogP contribution in [-0.4, -0.2) is 29.0 Å². The third kappa shape index (κ3) is 3.27. The number of nitrogens with zero attached hydrogens (tertiary/aromatic N) is 2. The van der Waals surface area contributed by atoms with E-state index in [-0.39, 0.29) is 0 Å². The summed E-state index contributed by atoms with van der Waals surface area (Å²) < 4.78 is 0. The van der Waals surface area contributed by atoms with Crippen molar-refractivity contribution in [2.75, 3.05) is 13.1 Å². The Hall–Kier alpha value is -0.450. The van der Waals surface area contributed by atoms with E-state index in [1.54, 1.807) is 11.3 Å². The summed E-state index contributed by atoms with van der Waals surface area (Å²) in [7, 11) is 0. The third-order valence-corrected chi connectivity index (χ3v) is 4.51. The summed E-state index contributed by atoms with van der Waals surface area (Å²) in [4.78, 5) is 7.21. The van der Waals surface area contributed by atoms with Crippen LogP contribution in [0.3, 0.4) is 0 Å². The highest BCUT2D eigenvalue weighted by atomic mass is 32.1. The number of nitrogens with two attached hydrogens (primary N) is 1. The molecule has 1 aliphatic rings. The van der Waals surface area contributed by atoms with Gasteiger partial charge in [0, 0.05) is 24.5 Å². The summed E-state index contributed by atoms with van der Waals surface area (Å²) in [6, 6.07) is 0.653. The van der Waals surface area contributed by atoms with Crippen molar-refractivity contribution < 1.29 is 0 Å². The maximum absolute atomic E-state index is 5.76. The summed E-state index contributed by atoms with van der Waals surface area (Å²) in [5, 5.41) is 3.50. The van der Waals surface area contributed by atoms with E-state index in [0.29, 0.717) is 12.0 Å². The fourth-order valence-electron chi connectivity index (χ4n) is 2.57. The Bertz CT molecular complexity index is 350. The molecular formula is C13H23N3S. The topological polar surface area (TPSA) is 42.2 Å². The molecule has 1 fully saturated rings. The molecular weight excluding hydrogens is 230 g/mol. The summed E-state index contributed by atoms with van der Waals surface area (Å²) >= 11 is 1.80. The van der Waals surface area contributed by atoms with E-state index in [1.807, 2.05) is 0 Å². The van der Waals surface area contributed by atoms with Crippen LogP contribution in [-0.2, 0) is 13.0 Å². The third-order valence-electron chi connectivity index (χ3n) is 3.55. The largest absolute Gasteiger partial charge is 0.330 e. The van der Waals surface area contributed by atoms with E-state index >= 15 is 0 Å². The van der Waals surface area contributed by atoms with E-state index in [2.05, 4.69) is 24.1 Å². The normalized spacial score (nSPS) is 25.6. The van der Waals surface area contributed by atoms with Crippen molar-refractivity contribution in [2.45, 2.75) is 45.7 Å². The first-order valence-corrected chi connectivity index (χ1v) is 7.48. The minimum atomic E-state index is 0.653. The van der Waals surface area contributed by atoms with Crippen molar-refractivity contribution in [1.82, 2.24) is 9.88 Å². The molecule has 2 unspecified atom stereocenters. The van der Waals surface area contributed by atoms with Crippen LogP contribution in [0, 0.1) is 5.92 Å². The van der Waals surface area contributed by atoms with Gasteiger partial charge in [-0.2, -0.15) is 0 Å². The lowest BCUT2D eigenvalue weighted by atomic mass is 10.1. The molecule has 17 heavy (non-hydrogen) atoms. The van der Waals surface area contributed by atoms with Gasteiger partial charge < -0.3 is 5.73 Å². The van der Waals surface area contributed by atoms with Crippen molar-refractivity contribution in [1.29, 1.82) is 0 Å². The molecule has 1 saturated heterocycles. The molecule has 0 saturated carbocycles. The van der Waals surface area contributed by atoms with Crippen molar-refractivity contribution in [3.8, 4) is 0 Å². The second-order valence-corrected chi connectivity index (χ2v) is 6.04. The smallest absolute Gasteiger partial charge is 0.0928 e. The Balaban J connectivity index is 1.91. The van der Waals surface area contributed by atoms with Gasteiger partial charge in [0.15, 0.2) is 0 Å². The average molecular weight is 253 g/mol. The zero-order chi connectivity index (χ0) is 12.3. The maximum Gasteiger partial charge on any atom is 0.0928 e. The van der Waals surface area contributed by atoms with E-state index in [0.717, 1.165) is 26.1 Å². The first kappa shape index (κ1) is 13.0. The summed E-state index contributed by atoms with van der Waals surface area (Å²) in [5.41, 5.74) is 6.99. The molecule has 1 aromatic rings. The van der Waals surface area contributed by atoms with E-state index < -0.39 is 0 Å². The number of rotatable bonds is 5. The first-order chi connectivity index (χ1) is 8.22. The SMILES string of the molecule is CCCc1nc(CN2CC(CN)CC2C)cs1. The minimum Gasteiger partial charge on any atom is -0.330 e. The van der Waals surface area contributed by atoms with Crippen LogP contribution in [0.5, 0.6) is 0 Å². The van der Waals surface area contributed by atoms with Crippen molar-refractivity contribution >= 4 is 11.3 Å². The van der Waals surface area contributed by atoms with Crippen LogP contribution in [0.15, 0.2) is 5.38 Å². The molecule has 1 aromatic heterocycles. The molecule has 0 bridgehead atoms. The molecule has 1 aliphatic heterocycles. The molecule has 2 heterocycles. The van der Waals surface area contributed by atoms with Gasteiger partial charge in [0.05, 0.1) is 10.7 Å². The number of aryl methyl sites for hydroxylation is 1. The van der Waals surface area contributed by atoms with Gasteiger partial charge in [-0.05, 0) is 38.6 Å². The van der Waals surface area contributed by atoms with Gasteiger partial charge in [-0.15, -0.1) is 11.3 Å². The predicted molar refractivity (Wildman–Crippen MR) is 73.1 cm³/mol. The Labute approximate surface area is 108 Å². The minimum absolute atomic E-state index is 0.653. The summed E-state index contributed by atoms with van der Waals surface area (Å²) in [6.45, 7) is 7.46. The molecule has 2 rings (SSSR count). The molecule has 2 atom stereocenters. The number of likely N-dealkylation sites (tertiary alicyclic amines) is 1. The van der Waals surface area contributed by atoms with Crippen LogP contribution >= 0.6 is 11.3 Å². The number of hydrogen-bond donors (Lipinski definition) is 1. The molecule has 0 aromatic carbocycles. The Morgan fingerprint density at radius 2 is 2.41 bits per heavy atom. The quantitative estimate of drug-likeness (QED) is 0.875. The monoisotopic (exact) mass is 253 g/mol. The zero-order valence-corrected chi connectivity index (χ0v) is 11.7. The van der Waals surface area contributed by atoms with Gasteiger partial charge in [-0.3, -0.25) is 4.90 Å². The lowest BCUT2D eigenvalue weighted by molar-refractivity contribution is 0.253. The summed E-state index contributed by atoms with van der Waals surface area (Å²) in [6.07, 6.45) is 3.54. The molecule has 4 heteroatoms. The van der Waals surface area contributed by atoms with Gasteiger partial charge in [0.2, 0.25) is 0 Å². The van der Waals surface area contributed by atoms with Crippen molar-refractivity contribution in [3.63, 3.8) is 0 Å². The van der Waals surface area contributed by atoms with E-state index in [4.69, 9.17) is 10.7 Å². The van der Waals surface area contributed by atoms with Crippen LogP contribution in [0.2, 0.25) is 0 Å². The van der Waals surface area contributed by atoms with Gasteiger partial charge in [-0.25, -0.2) is 4.98 Å². The summed E-state index contributed by atoms with van der Waals surface area (Å²) in [5.74, 6) is 0.679. The molecule has 3 nitrogen and oxygen atoms in total. The predicted octanol–water partition coefficient (Wildman–Crippen LogP) is 2.26. The average Bonchev–Trinajstić information content (AvgIpc) is 2.88. The second kappa shape index (κ2) is 5.94. The molecule has 2 N–H and O–H groups in total. The Morgan fingerprint density at radius 3 is 3.06 bits per heavy atom. The van der Waals surface area contributed by atoms with Gasteiger partial charge in [0.1, 0.15) is 0 Å². The fraction of sp³-hybridized carbons (Fsp3) is 0.769. The highest BCUT2D eigenvalue weighted by Gasteiger charge is 2.28. The van der Waals surface area contributed by atoms with Gasteiger partial charge in [0.25, 0.3) is 0 Å². The fourth-order valence-corrected chi connectivity index (χ4v) is 3.46.